The third kappa shape index (κ3) is 2.49. The summed E-state index contributed by atoms with van der Waals surface area (Å²) in [7, 11) is 0. The zero-order chi connectivity index (χ0) is 21.0. The maximum atomic E-state index is 13.1. The third-order valence-electron chi connectivity index (χ3n) is 5.50. The fourth-order valence-corrected chi connectivity index (χ4v) is 4.03. The van der Waals surface area contributed by atoms with Crippen molar-refractivity contribution in [2.75, 3.05) is 0 Å². The Kier molecular flexibility index (Phi) is 3.86. The molecule has 2 N–H and O–H groups in total. The van der Waals surface area contributed by atoms with Gasteiger partial charge in [-0.1, -0.05) is 66.7 Å². The normalized spacial score (nSPS) is 12.6. The van der Waals surface area contributed by atoms with Gasteiger partial charge in [0.1, 0.15) is 5.76 Å². The van der Waals surface area contributed by atoms with Crippen molar-refractivity contribution < 1.29 is 9.90 Å². The standard InChI is InChI=1S/C25H16N2O3/c1-13(28)14-9-11-15(12-10-14)23(29)21-18-7-4-8-19-20(18)22(27-25(21)26)16-5-2-3-6-17(16)24(19)30/h2-12,26,29H,1H3/b23-21-,26-25?. The third-order valence-corrected chi connectivity index (χ3v) is 5.50. The second-order valence-corrected chi connectivity index (χ2v) is 7.27. The van der Waals surface area contributed by atoms with Gasteiger partial charge in [0.05, 0.1) is 10.9 Å². The van der Waals surface area contributed by atoms with Crippen LogP contribution in [0.2, 0.25) is 0 Å². The van der Waals surface area contributed by atoms with Crippen LogP contribution in [-0.4, -0.2) is 15.9 Å². The van der Waals surface area contributed by atoms with Crippen LogP contribution in [0.1, 0.15) is 22.8 Å². The average Bonchev–Trinajstić information content (AvgIpc) is 2.76. The lowest BCUT2D eigenvalue weighted by Crippen LogP contribution is -2.33. The Hall–Kier alpha value is -4.12. The van der Waals surface area contributed by atoms with Crippen LogP contribution in [0.25, 0.3) is 38.6 Å². The lowest BCUT2D eigenvalue weighted by Gasteiger charge is -2.14. The molecule has 1 aliphatic carbocycles. The highest BCUT2D eigenvalue weighted by Crippen LogP contribution is 2.32. The fraction of sp³-hybridized carbons (Fsp3) is 0.0400. The Labute approximate surface area is 170 Å². The molecule has 0 unspecified atom stereocenters. The summed E-state index contributed by atoms with van der Waals surface area (Å²) in [5.74, 6) is -0.180. The molecule has 0 atom stereocenters. The number of carbonyl (C=O) groups is 1. The molecule has 1 heterocycles. The summed E-state index contributed by atoms with van der Waals surface area (Å²) >= 11 is 0. The first kappa shape index (κ1) is 17.9. The van der Waals surface area contributed by atoms with Crippen LogP contribution < -0.4 is 16.1 Å². The van der Waals surface area contributed by atoms with Gasteiger partial charge in [-0.3, -0.25) is 15.0 Å². The SMILES string of the molecule is CC(=O)c1ccc(/C(O)=c2/c(=N)nc3c4ccccc4c(=O)c4cccc2c4-3)cc1. The smallest absolute Gasteiger partial charge is 0.194 e. The number of pyridine rings is 1. The van der Waals surface area contributed by atoms with Crippen molar-refractivity contribution in [1.29, 1.82) is 5.41 Å². The van der Waals surface area contributed by atoms with Gasteiger partial charge < -0.3 is 5.11 Å². The van der Waals surface area contributed by atoms with Crippen molar-refractivity contribution in [1.82, 2.24) is 4.98 Å². The van der Waals surface area contributed by atoms with E-state index in [1.807, 2.05) is 18.2 Å². The van der Waals surface area contributed by atoms with Crippen LogP contribution in [0.15, 0.2) is 71.5 Å². The van der Waals surface area contributed by atoms with Gasteiger partial charge in [0, 0.05) is 32.8 Å². The fourth-order valence-electron chi connectivity index (χ4n) is 4.03. The van der Waals surface area contributed by atoms with E-state index in [-0.39, 0.29) is 27.7 Å². The van der Waals surface area contributed by atoms with Crippen LogP contribution >= 0.6 is 0 Å². The molecule has 0 spiro atoms. The van der Waals surface area contributed by atoms with Crippen molar-refractivity contribution in [3.8, 4) is 11.3 Å². The number of aliphatic hydroxyl groups is 1. The Morgan fingerprint density at radius 1 is 0.833 bits per heavy atom. The number of benzene rings is 4. The monoisotopic (exact) mass is 392 g/mol. The van der Waals surface area contributed by atoms with Crippen LogP contribution in [0, 0.1) is 5.41 Å². The minimum Gasteiger partial charge on any atom is -0.507 e. The molecule has 0 fully saturated rings. The minimum atomic E-state index is -0.113. The Morgan fingerprint density at radius 3 is 2.13 bits per heavy atom. The molecule has 0 saturated carbocycles. The maximum Gasteiger partial charge on any atom is 0.194 e. The number of hydrogen-bond acceptors (Lipinski definition) is 5. The molecule has 5 heteroatoms. The number of fused-ring (bicyclic) bond motifs is 2. The van der Waals surface area contributed by atoms with E-state index < -0.39 is 0 Å². The van der Waals surface area contributed by atoms with Gasteiger partial charge in [0.2, 0.25) is 0 Å². The molecule has 0 amide bonds. The van der Waals surface area contributed by atoms with Gasteiger partial charge in [-0.2, -0.15) is 0 Å². The number of nitrogens with zero attached hydrogens (tertiary/aromatic N) is 1. The molecule has 2 aliphatic rings. The van der Waals surface area contributed by atoms with E-state index >= 15 is 0 Å². The van der Waals surface area contributed by atoms with Crippen molar-refractivity contribution in [2.45, 2.75) is 6.92 Å². The highest BCUT2D eigenvalue weighted by molar-refractivity contribution is 6.09. The molecule has 3 aromatic carbocycles. The second kappa shape index (κ2) is 6.46. The highest BCUT2D eigenvalue weighted by atomic mass is 16.3. The van der Waals surface area contributed by atoms with E-state index in [0.717, 1.165) is 0 Å². The van der Waals surface area contributed by atoms with Crippen molar-refractivity contribution >= 4 is 33.1 Å². The minimum absolute atomic E-state index is 0.0670. The van der Waals surface area contributed by atoms with Gasteiger partial charge in [-0.05, 0) is 12.3 Å². The first-order valence-corrected chi connectivity index (χ1v) is 9.47. The topological polar surface area (TPSA) is 91.1 Å². The molecular weight excluding hydrogens is 376 g/mol. The van der Waals surface area contributed by atoms with Gasteiger partial charge in [0.25, 0.3) is 0 Å². The first-order valence-electron chi connectivity index (χ1n) is 9.47. The summed E-state index contributed by atoms with van der Waals surface area (Å²) in [6, 6.07) is 19.1. The summed E-state index contributed by atoms with van der Waals surface area (Å²) in [5.41, 5.74) is 2.04. The van der Waals surface area contributed by atoms with E-state index in [4.69, 9.17) is 5.41 Å². The molecule has 0 saturated heterocycles. The van der Waals surface area contributed by atoms with Crippen LogP contribution in [0.5, 0.6) is 0 Å². The lowest BCUT2D eigenvalue weighted by atomic mass is 9.91. The quantitative estimate of drug-likeness (QED) is 0.274. The number of aromatic nitrogens is 1. The maximum absolute atomic E-state index is 13.1. The Balaban J connectivity index is 1.96. The van der Waals surface area contributed by atoms with Crippen LogP contribution in [-0.2, 0) is 0 Å². The summed E-state index contributed by atoms with van der Waals surface area (Å²) in [6.45, 7) is 1.48. The molecule has 5 nitrogen and oxygen atoms in total. The summed E-state index contributed by atoms with van der Waals surface area (Å²) < 4.78 is 0. The van der Waals surface area contributed by atoms with E-state index in [9.17, 15) is 14.7 Å². The number of hydrogen-bond donors (Lipinski definition) is 2. The summed E-state index contributed by atoms with van der Waals surface area (Å²) in [6.07, 6.45) is 0. The predicted molar refractivity (Wildman–Crippen MR) is 116 cm³/mol. The molecule has 30 heavy (non-hydrogen) atoms. The van der Waals surface area contributed by atoms with E-state index in [1.54, 1.807) is 48.5 Å². The largest absolute Gasteiger partial charge is 0.507 e. The van der Waals surface area contributed by atoms with Gasteiger partial charge >= 0.3 is 0 Å². The van der Waals surface area contributed by atoms with E-state index in [2.05, 4.69) is 4.98 Å². The predicted octanol–water partition coefficient (Wildman–Crippen LogP) is 3.41. The van der Waals surface area contributed by atoms with Crippen molar-refractivity contribution in [3.63, 3.8) is 0 Å². The molecule has 5 rings (SSSR count). The molecule has 0 bridgehead atoms. The van der Waals surface area contributed by atoms with Gasteiger partial charge in [-0.15, -0.1) is 0 Å². The number of Topliss-reactive ketones (excluding diaryl/α,β-unsaturated/α-hetero) is 1. The number of nitrogens with one attached hydrogen (secondary N) is 1. The Morgan fingerprint density at radius 2 is 1.43 bits per heavy atom. The lowest BCUT2D eigenvalue weighted by molar-refractivity contribution is 0.101. The summed E-state index contributed by atoms with van der Waals surface area (Å²) in [4.78, 5) is 29.1. The zero-order valence-electron chi connectivity index (χ0n) is 16.1. The Bertz CT molecular complexity index is 1610. The van der Waals surface area contributed by atoms with E-state index in [0.29, 0.717) is 43.9 Å². The molecule has 3 aromatic rings. The number of rotatable bonds is 2. The van der Waals surface area contributed by atoms with Gasteiger partial charge in [0.15, 0.2) is 16.7 Å². The molecule has 1 aliphatic heterocycles. The average molecular weight is 392 g/mol. The zero-order valence-corrected chi connectivity index (χ0v) is 16.1. The number of carbonyl (C=O) groups excluding carboxylic acids is 1. The van der Waals surface area contributed by atoms with Crippen molar-refractivity contribution in [2.24, 2.45) is 0 Å². The highest BCUT2D eigenvalue weighted by Gasteiger charge is 2.20. The summed E-state index contributed by atoms with van der Waals surface area (Å²) in [5, 5.41) is 22.2. The van der Waals surface area contributed by atoms with Gasteiger partial charge in [-0.25, -0.2) is 4.98 Å². The van der Waals surface area contributed by atoms with Crippen LogP contribution in [0.3, 0.4) is 0 Å². The second-order valence-electron chi connectivity index (χ2n) is 7.27. The molecule has 0 aromatic heterocycles. The first-order chi connectivity index (χ1) is 14.5. The van der Waals surface area contributed by atoms with Crippen molar-refractivity contribution in [3.05, 3.63) is 98.8 Å². The van der Waals surface area contributed by atoms with Crippen LogP contribution in [0.4, 0.5) is 0 Å². The molecular formula is C25H16N2O3. The molecule has 0 radical (unpaired) electrons. The number of aliphatic hydroxyl groups excluding tert-OH is 1. The number of ketones is 1. The van der Waals surface area contributed by atoms with E-state index in [1.165, 1.54) is 6.92 Å². The molecule has 144 valence electrons.